The molecule has 0 aromatic heterocycles. The van der Waals surface area contributed by atoms with Gasteiger partial charge >= 0.3 is 0 Å². The first-order valence-corrected chi connectivity index (χ1v) is 4.12. The standard InChI is InChI=1S/C6H12OS/c1-3-4-6(5-7)8-2/h5-6H,3-4H2,1-2H3/t6-/m0/s1. The van der Waals surface area contributed by atoms with Gasteiger partial charge < -0.3 is 4.79 Å². The maximum atomic E-state index is 10.1. The molecule has 0 amide bonds. The highest BCUT2D eigenvalue weighted by Gasteiger charge is 2.00. The van der Waals surface area contributed by atoms with Crippen LogP contribution in [0.15, 0.2) is 0 Å². The molecule has 0 spiro atoms. The summed E-state index contributed by atoms with van der Waals surface area (Å²) in [5.74, 6) is 0. The SMILES string of the molecule is CCC[C@@H](C=O)SC. The molecule has 0 aliphatic heterocycles. The number of hydrogen-bond acceptors (Lipinski definition) is 2. The molecule has 0 aliphatic rings. The van der Waals surface area contributed by atoms with Crippen LogP contribution in [0.2, 0.25) is 0 Å². The minimum atomic E-state index is 0.236. The minimum absolute atomic E-state index is 0.236. The Kier molecular flexibility index (Phi) is 5.18. The summed E-state index contributed by atoms with van der Waals surface area (Å²) in [5, 5.41) is 0.236. The van der Waals surface area contributed by atoms with E-state index in [1.54, 1.807) is 11.8 Å². The quantitative estimate of drug-likeness (QED) is 0.542. The largest absolute Gasteiger partial charge is 0.302 e. The van der Waals surface area contributed by atoms with E-state index in [0.717, 1.165) is 19.1 Å². The van der Waals surface area contributed by atoms with Crippen molar-refractivity contribution in [3.8, 4) is 0 Å². The van der Waals surface area contributed by atoms with Gasteiger partial charge in [0.05, 0.1) is 5.25 Å². The molecule has 48 valence electrons. The van der Waals surface area contributed by atoms with Gasteiger partial charge in [-0.05, 0) is 12.7 Å². The third-order valence-electron chi connectivity index (χ3n) is 1.03. The first-order chi connectivity index (χ1) is 3.85. The van der Waals surface area contributed by atoms with Crippen molar-refractivity contribution in [2.45, 2.75) is 25.0 Å². The topological polar surface area (TPSA) is 17.1 Å². The van der Waals surface area contributed by atoms with Crippen LogP contribution >= 0.6 is 11.8 Å². The van der Waals surface area contributed by atoms with Gasteiger partial charge in [-0.2, -0.15) is 11.8 Å². The summed E-state index contributed by atoms with van der Waals surface area (Å²) in [6, 6.07) is 0. The van der Waals surface area contributed by atoms with Crippen LogP contribution in [0, 0.1) is 0 Å². The molecule has 0 aromatic carbocycles. The van der Waals surface area contributed by atoms with Crippen LogP contribution in [-0.2, 0) is 4.79 Å². The number of carbonyl (C=O) groups excluding carboxylic acids is 1. The van der Waals surface area contributed by atoms with Crippen molar-refractivity contribution < 1.29 is 4.79 Å². The molecule has 8 heavy (non-hydrogen) atoms. The zero-order valence-electron chi connectivity index (χ0n) is 5.39. The Bertz CT molecular complexity index is 63.5. The molecule has 0 bridgehead atoms. The Balaban J connectivity index is 3.21. The second-order valence-corrected chi connectivity index (χ2v) is 2.78. The summed E-state index contributed by atoms with van der Waals surface area (Å²) < 4.78 is 0. The van der Waals surface area contributed by atoms with Gasteiger partial charge in [0.15, 0.2) is 0 Å². The van der Waals surface area contributed by atoms with Crippen molar-refractivity contribution >= 4 is 18.0 Å². The molecule has 0 radical (unpaired) electrons. The Morgan fingerprint density at radius 1 is 1.75 bits per heavy atom. The zero-order chi connectivity index (χ0) is 6.41. The number of thioether (sulfide) groups is 1. The van der Waals surface area contributed by atoms with E-state index >= 15 is 0 Å². The smallest absolute Gasteiger partial charge is 0.132 e. The Morgan fingerprint density at radius 3 is 2.50 bits per heavy atom. The lowest BCUT2D eigenvalue weighted by atomic mass is 10.3. The van der Waals surface area contributed by atoms with Crippen molar-refractivity contribution in [3.63, 3.8) is 0 Å². The fourth-order valence-corrected chi connectivity index (χ4v) is 1.11. The summed E-state index contributed by atoms with van der Waals surface area (Å²) in [7, 11) is 0. The molecule has 0 unspecified atom stereocenters. The summed E-state index contributed by atoms with van der Waals surface area (Å²) in [6.45, 7) is 2.09. The summed E-state index contributed by atoms with van der Waals surface area (Å²) >= 11 is 1.63. The van der Waals surface area contributed by atoms with Gasteiger partial charge in [-0.1, -0.05) is 13.3 Å². The number of carbonyl (C=O) groups is 1. The molecule has 0 rings (SSSR count). The first kappa shape index (κ1) is 8.02. The third-order valence-corrected chi connectivity index (χ3v) is 1.98. The third kappa shape index (κ3) is 3.08. The van der Waals surface area contributed by atoms with Crippen LogP contribution in [0.3, 0.4) is 0 Å². The second-order valence-electron chi connectivity index (χ2n) is 1.70. The van der Waals surface area contributed by atoms with Gasteiger partial charge in [0.2, 0.25) is 0 Å². The Hall–Kier alpha value is 0.0200. The number of aldehydes is 1. The van der Waals surface area contributed by atoms with E-state index in [1.165, 1.54) is 0 Å². The lowest BCUT2D eigenvalue weighted by Gasteiger charge is -2.01. The van der Waals surface area contributed by atoms with E-state index in [1.807, 2.05) is 6.26 Å². The monoisotopic (exact) mass is 132 g/mol. The van der Waals surface area contributed by atoms with E-state index < -0.39 is 0 Å². The molecule has 0 heterocycles. The van der Waals surface area contributed by atoms with Gasteiger partial charge in [0, 0.05) is 0 Å². The lowest BCUT2D eigenvalue weighted by Crippen LogP contribution is -2.01. The van der Waals surface area contributed by atoms with Crippen molar-refractivity contribution in [1.29, 1.82) is 0 Å². The molecule has 0 aromatic rings. The molecular formula is C6H12OS. The Labute approximate surface area is 54.8 Å². The van der Waals surface area contributed by atoms with Gasteiger partial charge in [-0.3, -0.25) is 0 Å². The second kappa shape index (κ2) is 5.16. The highest BCUT2D eigenvalue weighted by Crippen LogP contribution is 2.08. The molecular weight excluding hydrogens is 120 g/mol. The van der Waals surface area contributed by atoms with Crippen LogP contribution in [-0.4, -0.2) is 17.8 Å². The van der Waals surface area contributed by atoms with Crippen LogP contribution in [0.1, 0.15) is 19.8 Å². The van der Waals surface area contributed by atoms with E-state index in [0.29, 0.717) is 0 Å². The van der Waals surface area contributed by atoms with E-state index in [2.05, 4.69) is 6.92 Å². The lowest BCUT2D eigenvalue weighted by molar-refractivity contribution is -0.107. The Morgan fingerprint density at radius 2 is 2.38 bits per heavy atom. The molecule has 0 saturated heterocycles. The van der Waals surface area contributed by atoms with Crippen molar-refractivity contribution in [3.05, 3.63) is 0 Å². The van der Waals surface area contributed by atoms with Gasteiger partial charge in [0.25, 0.3) is 0 Å². The van der Waals surface area contributed by atoms with Crippen LogP contribution in [0.25, 0.3) is 0 Å². The maximum absolute atomic E-state index is 10.1. The molecule has 1 atom stereocenters. The van der Waals surface area contributed by atoms with Crippen molar-refractivity contribution in [1.82, 2.24) is 0 Å². The summed E-state index contributed by atoms with van der Waals surface area (Å²) in [5.41, 5.74) is 0. The highest BCUT2D eigenvalue weighted by atomic mass is 32.2. The summed E-state index contributed by atoms with van der Waals surface area (Å²) in [6.07, 6.45) is 5.11. The van der Waals surface area contributed by atoms with Crippen molar-refractivity contribution in [2.75, 3.05) is 6.26 Å². The molecule has 1 nitrogen and oxygen atoms in total. The molecule has 0 N–H and O–H groups in total. The average Bonchev–Trinajstić information content (AvgIpc) is 1.83. The van der Waals surface area contributed by atoms with Crippen LogP contribution < -0.4 is 0 Å². The number of hydrogen-bond donors (Lipinski definition) is 0. The van der Waals surface area contributed by atoms with E-state index in [9.17, 15) is 4.79 Å². The average molecular weight is 132 g/mol. The predicted molar refractivity (Wildman–Crippen MR) is 38.3 cm³/mol. The normalized spacial score (nSPS) is 13.2. The van der Waals surface area contributed by atoms with E-state index in [-0.39, 0.29) is 5.25 Å². The van der Waals surface area contributed by atoms with E-state index in [4.69, 9.17) is 0 Å². The first-order valence-electron chi connectivity index (χ1n) is 2.83. The molecule has 2 heteroatoms. The van der Waals surface area contributed by atoms with Gasteiger partial charge in [-0.25, -0.2) is 0 Å². The highest BCUT2D eigenvalue weighted by molar-refractivity contribution is 7.99. The molecule has 0 aliphatic carbocycles. The zero-order valence-corrected chi connectivity index (χ0v) is 6.20. The van der Waals surface area contributed by atoms with Gasteiger partial charge in [-0.15, -0.1) is 0 Å². The number of rotatable bonds is 4. The minimum Gasteiger partial charge on any atom is -0.302 e. The fraction of sp³-hybridized carbons (Fsp3) is 0.833. The van der Waals surface area contributed by atoms with Crippen molar-refractivity contribution in [2.24, 2.45) is 0 Å². The van der Waals surface area contributed by atoms with Crippen LogP contribution in [0.4, 0.5) is 0 Å². The molecule has 0 saturated carbocycles. The predicted octanol–water partition coefficient (Wildman–Crippen LogP) is 1.72. The van der Waals surface area contributed by atoms with Crippen LogP contribution in [0.5, 0.6) is 0 Å². The van der Waals surface area contributed by atoms with Gasteiger partial charge in [0.1, 0.15) is 6.29 Å². The summed E-state index contributed by atoms with van der Waals surface area (Å²) in [4.78, 5) is 10.1. The molecule has 0 fully saturated rings. The maximum Gasteiger partial charge on any atom is 0.132 e. The fourth-order valence-electron chi connectivity index (χ4n) is 0.526.